The summed E-state index contributed by atoms with van der Waals surface area (Å²) < 4.78 is 5.39. The first-order chi connectivity index (χ1) is 9.61. The molecule has 20 heavy (non-hydrogen) atoms. The molecule has 0 saturated carbocycles. The molecule has 0 aliphatic rings. The fourth-order valence-electron chi connectivity index (χ4n) is 2.72. The Balaban J connectivity index is 2.33. The number of hydrogen-bond acceptors (Lipinski definition) is 1. The molecule has 2 aromatic rings. The molecule has 0 spiro atoms. The van der Waals surface area contributed by atoms with Crippen molar-refractivity contribution >= 4 is 0 Å². The zero-order valence-corrected chi connectivity index (χ0v) is 12.9. The van der Waals surface area contributed by atoms with Crippen molar-refractivity contribution in [2.45, 2.75) is 33.1 Å². The van der Waals surface area contributed by atoms with Crippen LogP contribution in [0.4, 0.5) is 0 Å². The third kappa shape index (κ3) is 3.41. The first-order valence-electron chi connectivity index (χ1n) is 7.30. The van der Waals surface area contributed by atoms with Crippen LogP contribution in [0.15, 0.2) is 48.5 Å². The summed E-state index contributed by atoms with van der Waals surface area (Å²) >= 11 is 0. The summed E-state index contributed by atoms with van der Waals surface area (Å²) in [6.45, 7) is 6.79. The molecule has 106 valence electrons. The fourth-order valence-corrected chi connectivity index (χ4v) is 2.72. The Bertz CT molecular complexity index is 543. The zero-order chi connectivity index (χ0) is 14.5. The minimum absolute atomic E-state index is 0.521. The maximum absolute atomic E-state index is 5.39. The number of ether oxygens (including phenoxy) is 1. The molecule has 1 unspecified atom stereocenters. The van der Waals surface area contributed by atoms with E-state index in [0.29, 0.717) is 11.8 Å². The van der Waals surface area contributed by atoms with E-state index in [-0.39, 0.29) is 0 Å². The Kier molecular flexibility index (Phi) is 4.84. The number of hydrogen-bond donors (Lipinski definition) is 0. The van der Waals surface area contributed by atoms with E-state index in [4.69, 9.17) is 4.74 Å². The number of benzene rings is 2. The largest absolute Gasteiger partial charge is 0.497 e. The molecule has 0 N–H and O–H groups in total. The molecule has 1 nitrogen and oxygen atoms in total. The fraction of sp³-hybridized carbons (Fsp3) is 0.368. The smallest absolute Gasteiger partial charge is 0.119 e. The molecule has 0 heterocycles. The molecule has 0 aliphatic heterocycles. The minimum Gasteiger partial charge on any atom is -0.497 e. The zero-order valence-electron chi connectivity index (χ0n) is 12.9. The Morgan fingerprint density at radius 3 is 2.30 bits per heavy atom. The van der Waals surface area contributed by atoms with E-state index in [1.807, 2.05) is 6.07 Å². The molecule has 0 fully saturated rings. The van der Waals surface area contributed by atoms with Crippen LogP contribution >= 0.6 is 0 Å². The van der Waals surface area contributed by atoms with Crippen molar-refractivity contribution in [1.82, 2.24) is 0 Å². The summed E-state index contributed by atoms with van der Waals surface area (Å²) in [6.07, 6.45) is 1.08. The standard InChI is InChI=1S/C19H24O/c1-14(2)18(12-16-8-6-5-7-9-16)19-13-17(20-4)11-10-15(19)3/h5-11,13-14,18H,12H2,1-4H3. The van der Waals surface area contributed by atoms with Crippen LogP contribution in [0.25, 0.3) is 0 Å². The van der Waals surface area contributed by atoms with Gasteiger partial charge in [0, 0.05) is 0 Å². The molecule has 0 saturated heterocycles. The quantitative estimate of drug-likeness (QED) is 0.742. The van der Waals surface area contributed by atoms with Crippen molar-refractivity contribution in [2.75, 3.05) is 7.11 Å². The van der Waals surface area contributed by atoms with E-state index in [0.717, 1.165) is 12.2 Å². The number of aryl methyl sites for hydroxylation is 1. The summed E-state index contributed by atoms with van der Waals surface area (Å²) in [5.74, 6) is 2.07. The molecule has 0 amide bonds. The Morgan fingerprint density at radius 1 is 1.00 bits per heavy atom. The van der Waals surface area contributed by atoms with Gasteiger partial charge in [0.05, 0.1) is 7.11 Å². The van der Waals surface area contributed by atoms with E-state index in [9.17, 15) is 0 Å². The summed E-state index contributed by atoms with van der Waals surface area (Å²) in [5.41, 5.74) is 4.15. The Labute approximate surface area is 122 Å². The lowest BCUT2D eigenvalue weighted by Crippen LogP contribution is -2.12. The topological polar surface area (TPSA) is 9.23 Å². The highest BCUT2D eigenvalue weighted by Crippen LogP contribution is 2.32. The van der Waals surface area contributed by atoms with E-state index in [2.05, 4.69) is 63.2 Å². The van der Waals surface area contributed by atoms with Gasteiger partial charge in [-0.3, -0.25) is 0 Å². The van der Waals surface area contributed by atoms with Crippen LogP contribution in [0.2, 0.25) is 0 Å². The van der Waals surface area contributed by atoms with Crippen molar-refractivity contribution in [2.24, 2.45) is 5.92 Å². The third-order valence-corrected chi connectivity index (χ3v) is 3.99. The number of methoxy groups -OCH3 is 1. The molecule has 2 rings (SSSR count). The van der Waals surface area contributed by atoms with Crippen LogP contribution in [-0.4, -0.2) is 7.11 Å². The van der Waals surface area contributed by atoms with Crippen molar-refractivity contribution in [3.05, 3.63) is 65.2 Å². The van der Waals surface area contributed by atoms with E-state index in [1.54, 1.807) is 7.11 Å². The predicted molar refractivity (Wildman–Crippen MR) is 85.5 cm³/mol. The van der Waals surface area contributed by atoms with Crippen LogP contribution in [0, 0.1) is 12.8 Å². The van der Waals surface area contributed by atoms with Crippen LogP contribution in [0.5, 0.6) is 5.75 Å². The van der Waals surface area contributed by atoms with Gasteiger partial charge in [0.25, 0.3) is 0 Å². The van der Waals surface area contributed by atoms with Gasteiger partial charge in [0.2, 0.25) is 0 Å². The van der Waals surface area contributed by atoms with Gasteiger partial charge in [-0.2, -0.15) is 0 Å². The van der Waals surface area contributed by atoms with Gasteiger partial charge < -0.3 is 4.74 Å². The maximum atomic E-state index is 5.39. The van der Waals surface area contributed by atoms with Gasteiger partial charge in [-0.1, -0.05) is 50.2 Å². The first kappa shape index (κ1) is 14.6. The molecule has 0 radical (unpaired) electrons. The summed E-state index contributed by atoms with van der Waals surface area (Å²) in [4.78, 5) is 0. The van der Waals surface area contributed by atoms with E-state index < -0.39 is 0 Å². The SMILES string of the molecule is COc1ccc(C)c(C(Cc2ccccc2)C(C)C)c1. The Hall–Kier alpha value is -1.76. The average molecular weight is 268 g/mol. The predicted octanol–water partition coefficient (Wildman–Crippen LogP) is 4.99. The molecule has 0 bridgehead atoms. The minimum atomic E-state index is 0.521. The highest BCUT2D eigenvalue weighted by atomic mass is 16.5. The van der Waals surface area contributed by atoms with Crippen molar-refractivity contribution in [1.29, 1.82) is 0 Å². The van der Waals surface area contributed by atoms with Crippen molar-refractivity contribution in [3.63, 3.8) is 0 Å². The lowest BCUT2D eigenvalue weighted by molar-refractivity contribution is 0.411. The number of rotatable bonds is 5. The molecule has 2 aromatic carbocycles. The highest BCUT2D eigenvalue weighted by molar-refractivity contribution is 5.38. The average Bonchev–Trinajstić information content (AvgIpc) is 2.46. The molecular weight excluding hydrogens is 244 g/mol. The molecule has 1 heteroatoms. The lowest BCUT2D eigenvalue weighted by Gasteiger charge is -2.24. The Morgan fingerprint density at radius 2 is 1.70 bits per heavy atom. The summed E-state index contributed by atoms with van der Waals surface area (Å²) in [7, 11) is 1.73. The van der Waals surface area contributed by atoms with Gasteiger partial charge in [0.15, 0.2) is 0 Å². The van der Waals surface area contributed by atoms with Gasteiger partial charge in [-0.15, -0.1) is 0 Å². The second kappa shape index (κ2) is 6.60. The molecule has 0 aliphatic carbocycles. The first-order valence-corrected chi connectivity index (χ1v) is 7.30. The lowest BCUT2D eigenvalue weighted by atomic mass is 9.81. The monoisotopic (exact) mass is 268 g/mol. The van der Waals surface area contributed by atoms with Gasteiger partial charge in [-0.25, -0.2) is 0 Å². The highest BCUT2D eigenvalue weighted by Gasteiger charge is 2.19. The van der Waals surface area contributed by atoms with Crippen LogP contribution in [-0.2, 0) is 6.42 Å². The van der Waals surface area contributed by atoms with E-state index >= 15 is 0 Å². The molecule has 0 aromatic heterocycles. The van der Waals surface area contributed by atoms with Crippen LogP contribution < -0.4 is 4.74 Å². The van der Waals surface area contributed by atoms with Crippen molar-refractivity contribution < 1.29 is 4.74 Å². The third-order valence-electron chi connectivity index (χ3n) is 3.99. The maximum Gasteiger partial charge on any atom is 0.119 e. The van der Waals surface area contributed by atoms with Crippen molar-refractivity contribution in [3.8, 4) is 5.75 Å². The van der Waals surface area contributed by atoms with Crippen LogP contribution in [0.1, 0.15) is 36.5 Å². The second-order valence-corrected chi connectivity index (χ2v) is 5.76. The van der Waals surface area contributed by atoms with Gasteiger partial charge >= 0.3 is 0 Å². The molecule has 1 atom stereocenters. The summed E-state index contributed by atoms with van der Waals surface area (Å²) in [6, 6.07) is 17.1. The second-order valence-electron chi connectivity index (χ2n) is 5.76. The normalized spacial score (nSPS) is 12.4. The summed E-state index contributed by atoms with van der Waals surface area (Å²) in [5, 5.41) is 0. The molecular formula is C19H24O. The van der Waals surface area contributed by atoms with Gasteiger partial charge in [-0.05, 0) is 54.0 Å². The van der Waals surface area contributed by atoms with Crippen LogP contribution in [0.3, 0.4) is 0 Å². The van der Waals surface area contributed by atoms with Gasteiger partial charge in [0.1, 0.15) is 5.75 Å². The van der Waals surface area contributed by atoms with E-state index in [1.165, 1.54) is 16.7 Å².